The van der Waals surface area contributed by atoms with Crippen LogP contribution in [-0.2, 0) is 6.54 Å². The van der Waals surface area contributed by atoms with Crippen LogP contribution in [0.1, 0.15) is 21.5 Å². The van der Waals surface area contributed by atoms with E-state index in [0.29, 0.717) is 10.8 Å². The third-order valence-electron chi connectivity index (χ3n) is 3.01. The van der Waals surface area contributed by atoms with Gasteiger partial charge in [0, 0.05) is 6.54 Å². The highest BCUT2D eigenvalue weighted by atomic mass is 35.5. The Labute approximate surface area is 132 Å². The van der Waals surface area contributed by atoms with Crippen LogP contribution in [0.4, 0.5) is 4.39 Å². The lowest BCUT2D eigenvalue weighted by molar-refractivity contribution is 0.0947. The second-order valence-electron chi connectivity index (χ2n) is 4.46. The average molecular weight is 319 g/mol. The molecule has 0 heterocycles. The molecule has 2 aromatic rings. The van der Waals surface area contributed by atoms with Gasteiger partial charge in [0.15, 0.2) is 0 Å². The van der Waals surface area contributed by atoms with Gasteiger partial charge < -0.3 is 10.1 Å². The van der Waals surface area contributed by atoms with Crippen LogP contribution in [0.3, 0.4) is 0 Å². The van der Waals surface area contributed by atoms with Crippen molar-refractivity contribution in [1.82, 2.24) is 5.32 Å². The van der Waals surface area contributed by atoms with Crippen LogP contribution in [0.2, 0.25) is 5.02 Å². The number of benzene rings is 2. The summed E-state index contributed by atoms with van der Waals surface area (Å²) in [4.78, 5) is 12.0. The number of nitrogens with zero attached hydrogens (tertiary/aromatic N) is 1. The standard InChI is InChI=1S/C16H12ClFN2O2/c1-22-15-7-11(2-4-13(15)17)9-20-16(21)12-6-10(8-19)3-5-14(12)18/h2-7H,9H2,1H3,(H,20,21). The molecule has 112 valence electrons. The van der Waals surface area contributed by atoms with E-state index in [1.807, 2.05) is 6.07 Å². The molecule has 22 heavy (non-hydrogen) atoms. The summed E-state index contributed by atoms with van der Waals surface area (Å²) in [7, 11) is 1.49. The Morgan fingerprint density at radius 1 is 1.36 bits per heavy atom. The van der Waals surface area contributed by atoms with Crippen molar-refractivity contribution in [2.75, 3.05) is 7.11 Å². The minimum atomic E-state index is -0.676. The highest BCUT2D eigenvalue weighted by Gasteiger charge is 2.12. The second-order valence-corrected chi connectivity index (χ2v) is 4.87. The van der Waals surface area contributed by atoms with E-state index in [1.54, 1.807) is 18.2 Å². The monoisotopic (exact) mass is 318 g/mol. The topological polar surface area (TPSA) is 62.1 Å². The van der Waals surface area contributed by atoms with Gasteiger partial charge in [0.25, 0.3) is 5.91 Å². The maximum absolute atomic E-state index is 13.6. The molecular weight excluding hydrogens is 307 g/mol. The van der Waals surface area contributed by atoms with Crippen molar-refractivity contribution in [3.05, 3.63) is 63.9 Å². The molecule has 0 radical (unpaired) electrons. The van der Waals surface area contributed by atoms with E-state index in [1.165, 1.54) is 19.2 Å². The Morgan fingerprint density at radius 2 is 2.14 bits per heavy atom. The molecule has 2 rings (SSSR count). The highest BCUT2D eigenvalue weighted by molar-refractivity contribution is 6.32. The molecule has 0 spiro atoms. The predicted molar refractivity (Wildman–Crippen MR) is 80.3 cm³/mol. The molecular formula is C16H12ClFN2O2. The maximum atomic E-state index is 13.6. The number of hydrogen-bond acceptors (Lipinski definition) is 3. The van der Waals surface area contributed by atoms with Gasteiger partial charge in [-0.1, -0.05) is 17.7 Å². The van der Waals surface area contributed by atoms with Gasteiger partial charge in [0.05, 0.1) is 29.3 Å². The molecule has 0 aliphatic heterocycles. The fourth-order valence-electron chi connectivity index (χ4n) is 1.86. The van der Waals surface area contributed by atoms with Crippen LogP contribution >= 0.6 is 11.6 Å². The SMILES string of the molecule is COc1cc(CNC(=O)c2cc(C#N)ccc2F)ccc1Cl. The Bertz CT molecular complexity index is 756. The van der Waals surface area contributed by atoms with Gasteiger partial charge in [0.2, 0.25) is 0 Å². The number of nitriles is 1. The van der Waals surface area contributed by atoms with Crippen LogP contribution in [-0.4, -0.2) is 13.0 Å². The Kier molecular flexibility index (Phi) is 4.97. The molecule has 2 aromatic carbocycles. The lowest BCUT2D eigenvalue weighted by atomic mass is 10.1. The number of methoxy groups -OCH3 is 1. The first-order valence-electron chi connectivity index (χ1n) is 6.35. The van der Waals surface area contributed by atoms with Crippen molar-refractivity contribution in [3.8, 4) is 11.8 Å². The van der Waals surface area contributed by atoms with E-state index in [2.05, 4.69) is 5.32 Å². The van der Waals surface area contributed by atoms with E-state index in [9.17, 15) is 9.18 Å². The first kappa shape index (κ1) is 15.8. The number of halogens is 2. The largest absolute Gasteiger partial charge is 0.495 e. The fourth-order valence-corrected chi connectivity index (χ4v) is 2.06. The Morgan fingerprint density at radius 3 is 2.82 bits per heavy atom. The van der Waals surface area contributed by atoms with Gasteiger partial charge in [-0.3, -0.25) is 4.79 Å². The molecule has 4 nitrogen and oxygen atoms in total. The van der Waals surface area contributed by atoms with Gasteiger partial charge >= 0.3 is 0 Å². The minimum Gasteiger partial charge on any atom is -0.495 e. The molecule has 0 aliphatic rings. The van der Waals surface area contributed by atoms with Crippen molar-refractivity contribution in [2.45, 2.75) is 6.54 Å². The fraction of sp³-hybridized carbons (Fsp3) is 0.125. The number of nitrogens with one attached hydrogen (secondary N) is 1. The van der Waals surface area contributed by atoms with E-state index in [4.69, 9.17) is 21.6 Å². The van der Waals surface area contributed by atoms with Gasteiger partial charge in [-0.15, -0.1) is 0 Å². The molecule has 0 unspecified atom stereocenters. The number of rotatable bonds is 4. The molecule has 6 heteroatoms. The third kappa shape index (κ3) is 3.54. The summed E-state index contributed by atoms with van der Waals surface area (Å²) in [5.74, 6) is -0.778. The third-order valence-corrected chi connectivity index (χ3v) is 3.32. The van der Waals surface area contributed by atoms with Crippen LogP contribution in [0.15, 0.2) is 36.4 Å². The quantitative estimate of drug-likeness (QED) is 0.941. The zero-order valence-electron chi connectivity index (χ0n) is 11.7. The molecule has 0 aliphatic carbocycles. The summed E-state index contributed by atoms with van der Waals surface area (Å²) >= 11 is 5.92. The van der Waals surface area contributed by atoms with Crippen molar-refractivity contribution < 1.29 is 13.9 Å². The number of ether oxygens (including phenoxy) is 1. The Hall–Kier alpha value is -2.58. The number of carbonyl (C=O) groups is 1. The molecule has 0 bridgehead atoms. The summed E-state index contributed by atoms with van der Waals surface area (Å²) in [5, 5.41) is 11.9. The van der Waals surface area contributed by atoms with E-state index in [-0.39, 0.29) is 17.7 Å². The molecule has 0 atom stereocenters. The zero-order chi connectivity index (χ0) is 16.1. The summed E-state index contributed by atoms with van der Waals surface area (Å²) in [6.07, 6.45) is 0. The minimum absolute atomic E-state index is 0.167. The van der Waals surface area contributed by atoms with E-state index in [0.717, 1.165) is 11.6 Å². The first-order chi connectivity index (χ1) is 10.5. The van der Waals surface area contributed by atoms with Gasteiger partial charge in [-0.05, 0) is 35.9 Å². The smallest absolute Gasteiger partial charge is 0.254 e. The van der Waals surface area contributed by atoms with Gasteiger partial charge in [0.1, 0.15) is 11.6 Å². The Balaban J connectivity index is 2.12. The molecule has 0 saturated carbocycles. The lowest BCUT2D eigenvalue weighted by Crippen LogP contribution is -2.24. The van der Waals surface area contributed by atoms with Gasteiger partial charge in [-0.2, -0.15) is 5.26 Å². The second kappa shape index (κ2) is 6.92. The summed E-state index contributed by atoms with van der Waals surface area (Å²) < 4.78 is 18.7. The summed E-state index contributed by atoms with van der Waals surface area (Å²) in [6.45, 7) is 0.183. The van der Waals surface area contributed by atoms with Crippen molar-refractivity contribution in [3.63, 3.8) is 0 Å². The van der Waals surface area contributed by atoms with Gasteiger partial charge in [-0.25, -0.2) is 4.39 Å². The summed E-state index contributed by atoms with van der Waals surface area (Å²) in [5.41, 5.74) is 0.811. The zero-order valence-corrected chi connectivity index (χ0v) is 12.4. The molecule has 0 saturated heterocycles. The van der Waals surface area contributed by atoms with E-state index >= 15 is 0 Å². The maximum Gasteiger partial charge on any atom is 0.254 e. The van der Waals surface area contributed by atoms with Crippen LogP contribution in [0.25, 0.3) is 0 Å². The van der Waals surface area contributed by atoms with E-state index < -0.39 is 11.7 Å². The van der Waals surface area contributed by atoms with Crippen LogP contribution in [0.5, 0.6) is 5.75 Å². The van der Waals surface area contributed by atoms with Crippen molar-refractivity contribution >= 4 is 17.5 Å². The summed E-state index contributed by atoms with van der Waals surface area (Å²) in [6, 6.07) is 10.6. The highest BCUT2D eigenvalue weighted by Crippen LogP contribution is 2.24. The molecule has 1 amide bonds. The number of amides is 1. The van der Waals surface area contributed by atoms with Crippen LogP contribution in [0, 0.1) is 17.1 Å². The normalized spacial score (nSPS) is 9.91. The molecule has 1 N–H and O–H groups in total. The number of hydrogen-bond donors (Lipinski definition) is 1. The number of carbonyl (C=O) groups excluding carboxylic acids is 1. The first-order valence-corrected chi connectivity index (χ1v) is 6.73. The van der Waals surface area contributed by atoms with Crippen molar-refractivity contribution in [1.29, 1.82) is 5.26 Å². The van der Waals surface area contributed by atoms with Crippen LogP contribution < -0.4 is 10.1 Å². The van der Waals surface area contributed by atoms with Crippen molar-refractivity contribution in [2.24, 2.45) is 0 Å². The predicted octanol–water partition coefficient (Wildman–Crippen LogP) is 3.29. The molecule has 0 aromatic heterocycles. The lowest BCUT2D eigenvalue weighted by Gasteiger charge is -2.09. The molecule has 0 fully saturated rings. The average Bonchev–Trinajstić information content (AvgIpc) is 2.54.